The third kappa shape index (κ3) is 7.51. The van der Waals surface area contributed by atoms with Gasteiger partial charge in [0.1, 0.15) is 6.61 Å². The quantitative estimate of drug-likeness (QED) is 0.577. The zero-order chi connectivity index (χ0) is 12.2. The molecule has 0 aliphatic rings. The summed E-state index contributed by atoms with van der Waals surface area (Å²) in [6.45, 7) is 1.40. The first-order valence-electron chi connectivity index (χ1n) is 5.97. The minimum Gasteiger partial charge on any atom is -0.396 e. The number of pyridine rings is 1. The Labute approximate surface area is 103 Å². The maximum absolute atomic E-state index is 8.54. The molecule has 1 rings (SSSR count). The molecule has 0 atom stereocenters. The van der Waals surface area contributed by atoms with Crippen LogP contribution in [0.15, 0.2) is 24.4 Å². The Morgan fingerprint density at radius 1 is 1.24 bits per heavy atom. The van der Waals surface area contributed by atoms with Crippen molar-refractivity contribution in [3.8, 4) is 11.8 Å². The van der Waals surface area contributed by atoms with Crippen LogP contribution in [0.3, 0.4) is 0 Å². The van der Waals surface area contributed by atoms with Gasteiger partial charge in [0.2, 0.25) is 0 Å². The fraction of sp³-hybridized carbons (Fsp3) is 0.500. The van der Waals surface area contributed by atoms with Gasteiger partial charge < -0.3 is 9.84 Å². The molecule has 0 aliphatic carbocycles. The van der Waals surface area contributed by atoms with Gasteiger partial charge in [0.25, 0.3) is 0 Å². The Balaban J connectivity index is 1.96. The SMILES string of the molecule is OCCCC#CCOCCCc1ccccn1. The van der Waals surface area contributed by atoms with Crippen molar-refractivity contribution >= 4 is 0 Å². The van der Waals surface area contributed by atoms with Crippen LogP contribution in [0, 0.1) is 11.8 Å². The van der Waals surface area contributed by atoms with Gasteiger partial charge in [-0.2, -0.15) is 0 Å². The summed E-state index contributed by atoms with van der Waals surface area (Å²) in [4.78, 5) is 4.24. The molecule has 3 nitrogen and oxygen atoms in total. The number of rotatable bonds is 7. The Kier molecular flexibility index (Phi) is 7.92. The molecule has 0 unspecified atom stereocenters. The Morgan fingerprint density at radius 2 is 2.18 bits per heavy atom. The number of ether oxygens (including phenoxy) is 1. The molecule has 0 fully saturated rings. The van der Waals surface area contributed by atoms with Gasteiger partial charge in [0.05, 0.1) is 0 Å². The summed E-state index contributed by atoms with van der Waals surface area (Å²) in [6, 6.07) is 5.94. The highest BCUT2D eigenvalue weighted by molar-refractivity contribution is 5.03. The molecule has 3 heteroatoms. The summed E-state index contributed by atoms with van der Waals surface area (Å²) < 4.78 is 5.37. The van der Waals surface area contributed by atoms with Crippen LogP contribution >= 0.6 is 0 Å². The largest absolute Gasteiger partial charge is 0.396 e. The highest BCUT2D eigenvalue weighted by Gasteiger charge is 1.92. The van der Waals surface area contributed by atoms with Gasteiger partial charge in [-0.3, -0.25) is 4.98 Å². The van der Waals surface area contributed by atoms with E-state index in [1.54, 1.807) is 0 Å². The molecule has 1 aromatic heterocycles. The summed E-state index contributed by atoms with van der Waals surface area (Å²) in [5.74, 6) is 5.87. The maximum Gasteiger partial charge on any atom is 0.107 e. The first kappa shape index (κ1) is 13.7. The van der Waals surface area contributed by atoms with E-state index < -0.39 is 0 Å². The molecular formula is C14H19NO2. The average molecular weight is 233 g/mol. The lowest BCUT2D eigenvalue weighted by molar-refractivity contribution is 0.164. The van der Waals surface area contributed by atoms with E-state index in [-0.39, 0.29) is 6.61 Å². The van der Waals surface area contributed by atoms with Crippen molar-refractivity contribution in [2.24, 2.45) is 0 Å². The van der Waals surface area contributed by atoms with Crippen molar-refractivity contribution in [3.63, 3.8) is 0 Å². The number of nitrogens with zero attached hydrogens (tertiary/aromatic N) is 1. The molecule has 0 aromatic carbocycles. The highest BCUT2D eigenvalue weighted by atomic mass is 16.5. The van der Waals surface area contributed by atoms with E-state index in [0.29, 0.717) is 13.2 Å². The zero-order valence-corrected chi connectivity index (χ0v) is 10.1. The Bertz CT molecular complexity index is 340. The molecule has 0 bridgehead atoms. The van der Waals surface area contributed by atoms with E-state index in [1.807, 2.05) is 24.4 Å². The van der Waals surface area contributed by atoms with Crippen molar-refractivity contribution in [1.82, 2.24) is 4.98 Å². The van der Waals surface area contributed by atoms with Crippen LogP contribution in [0.5, 0.6) is 0 Å². The van der Waals surface area contributed by atoms with Gasteiger partial charge in [-0.05, 0) is 31.4 Å². The molecule has 0 amide bonds. The number of aliphatic hydroxyl groups excluding tert-OH is 1. The van der Waals surface area contributed by atoms with Crippen LogP contribution in [-0.2, 0) is 11.2 Å². The Morgan fingerprint density at radius 3 is 2.94 bits per heavy atom. The van der Waals surface area contributed by atoms with Crippen LogP contribution in [-0.4, -0.2) is 29.9 Å². The second kappa shape index (κ2) is 9.83. The lowest BCUT2D eigenvalue weighted by Gasteiger charge is -2.00. The molecule has 1 aromatic rings. The summed E-state index contributed by atoms with van der Waals surface area (Å²) in [7, 11) is 0. The molecule has 92 valence electrons. The number of hydrogen-bond donors (Lipinski definition) is 1. The van der Waals surface area contributed by atoms with Crippen molar-refractivity contribution in [3.05, 3.63) is 30.1 Å². The Hall–Kier alpha value is -1.37. The van der Waals surface area contributed by atoms with Crippen LogP contribution in [0.1, 0.15) is 25.0 Å². The van der Waals surface area contributed by atoms with Gasteiger partial charge in [-0.1, -0.05) is 12.0 Å². The van der Waals surface area contributed by atoms with Gasteiger partial charge >= 0.3 is 0 Å². The van der Waals surface area contributed by atoms with Crippen molar-refractivity contribution in [1.29, 1.82) is 0 Å². The van der Waals surface area contributed by atoms with Gasteiger partial charge in [0.15, 0.2) is 0 Å². The smallest absolute Gasteiger partial charge is 0.107 e. The average Bonchev–Trinajstić information content (AvgIpc) is 2.38. The first-order valence-corrected chi connectivity index (χ1v) is 5.97. The van der Waals surface area contributed by atoms with Crippen LogP contribution in [0.4, 0.5) is 0 Å². The van der Waals surface area contributed by atoms with E-state index in [9.17, 15) is 0 Å². The molecule has 1 N–H and O–H groups in total. The van der Waals surface area contributed by atoms with E-state index >= 15 is 0 Å². The fourth-order valence-corrected chi connectivity index (χ4v) is 1.33. The lowest BCUT2D eigenvalue weighted by atomic mass is 10.2. The summed E-state index contributed by atoms with van der Waals surface area (Å²) in [5.41, 5.74) is 1.10. The maximum atomic E-state index is 8.54. The monoisotopic (exact) mass is 233 g/mol. The van der Waals surface area contributed by atoms with Gasteiger partial charge in [-0.15, -0.1) is 5.92 Å². The van der Waals surface area contributed by atoms with Crippen LogP contribution in [0.25, 0.3) is 0 Å². The minimum absolute atomic E-state index is 0.208. The van der Waals surface area contributed by atoms with E-state index in [2.05, 4.69) is 16.8 Å². The molecule has 0 radical (unpaired) electrons. The number of aromatic nitrogens is 1. The van der Waals surface area contributed by atoms with E-state index in [0.717, 1.165) is 31.4 Å². The zero-order valence-electron chi connectivity index (χ0n) is 10.1. The van der Waals surface area contributed by atoms with Gasteiger partial charge in [0, 0.05) is 31.5 Å². The molecular weight excluding hydrogens is 214 g/mol. The second-order valence-electron chi connectivity index (χ2n) is 3.66. The molecule has 1 heterocycles. The van der Waals surface area contributed by atoms with Gasteiger partial charge in [-0.25, -0.2) is 0 Å². The molecule has 0 spiro atoms. The molecule has 17 heavy (non-hydrogen) atoms. The van der Waals surface area contributed by atoms with Crippen LogP contribution < -0.4 is 0 Å². The molecule has 0 saturated heterocycles. The standard InChI is InChI=1S/C14H19NO2/c16-11-5-1-2-6-12-17-13-7-9-14-8-3-4-10-15-14/h3-4,8,10,16H,1,5,7,9,11-13H2. The third-order valence-electron chi connectivity index (χ3n) is 2.21. The first-order chi connectivity index (χ1) is 8.43. The predicted molar refractivity (Wildman–Crippen MR) is 67.5 cm³/mol. The van der Waals surface area contributed by atoms with Crippen molar-refractivity contribution in [2.45, 2.75) is 25.7 Å². The topological polar surface area (TPSA) is 42.4 Å². The summed E-state index contributed by atoms with van der Waals surface area (Å²) in [6.07, 6.45) is 5.21. The number of hydrogen-bond acceptors (Lipinski definition) is 3. The summed E-state index contributed by atoms with van der Waals surface area (Å²) >= 11 is 0. The number of unbranched alkanes of at least 4 members (excludes halogenated alkanes) is 1. The lowest BCUT2D eigenvalue weighted by Crippen LogP contribution is -1.98. The molecule has 0 saturated carbocycles. The normalized spacial score (nSPS) is 9.71. The van der Waals surface area contributed by atoms with Crippen molar-refractivity contribution < 1.29 is 9.84 Å². The van der Waals surface area contributed by atoms with E-state index in [1.165, 1.54) is 0 Å². The van der Waals surface area contributed by atoms with E-state index in [4.69, 9.17) is 9.84 Å². The van der Waals surface area contributed by atoms with Crippen molar-refractivity contribution in [2.75, 3.05) is 19.8 Å². The third-order valence-corrected chi connectivity index (χ3v) is 2.21. The predicted octanol–water partition coefficient (Wildman–Crippen LogP) is 1.81. The summed E-state index contributed by atoms with van der Waals surface area (Å²) in [5, 5.41) is 8.54. The van der Waals surface area contributed by atoms with Crippen LogP contribution in [0.2, 0.25) is 0 Å². The fourth-order valence-electron chi connectivity index (χ4n) is 1.33. The second-order valence-corrected chi connectivity index (χ2v) is 3.66. The molecule has 0 aliphatic heterocycles. The number of aryl methyl sites for hydroxylation is 1. The highest BCUT2D eigenvalue weighted by Crippen LogP contribution is 1.98. The minimum atomic E-state index is 0.208. The number of aliphatic hydroxyl groups is 1.